The lowest BCUT2D eigenvalue weighted by atomic mass is 9.99. The summed E-state index contributed by atoms with van der Waals surface area (Å²) < 4.78 is 5.86. The van der Waals surface area contributed by atoms with Crippen LogP contribution in [0.2, 0.25) is 10.0 Å². The fourth-order valence-corrected chi connectivity index (χ4v) is 4.36. The third-order valence-corrected chi connectivity index (χ3v) is 6.06. The lowest BCUT2D eigenvalue weighted by Gasteiger charge is -2.23. The van der Waals surface area contributed by atoms with Crippen LogP contribution in [0.4, 0.5) is 4.79 Å². The van der Waals surface area contributed by atoms with Crippen molar-refractivity contribution < 1.29 is 9.53 Å². The number of rotatable bonds is 7. The molecule has 0 saturated carbocycles. The summed E-state index contributed by atoms with van der Waals surface area (Å²) in [5.74, 6) is 0.460. The van der Waals surface area contributed by atoms with E-state index in [1.807, 2.05) is 6.07 Å². The summed E-state index contributed by atoms with van der Waals surface area (Å²) in [5.41, 5.74) is 1.97. The molecule has 2 aromatic carbocycles. The second-order valence-corrected chi connectivity index (χ2v) is 8.50. The minimum atomic E-state index is -0.658. The topological polar surface area (TPSA) is 73.1 Å². The highest BCUT2D eigenvalue weighted by molar-refractivity contribution is 6.35. The number of benzene rings is 2. The molecule has 4 rings (SSSR count). The molecule has 0 N–H and O–H groups in total. The zero-order valence-corrected chi connectivity index (χ0v) is 18.4. The SMILES string of the molecule is O=C(OC(Cn1ncnn1)c1ccc(Cl)cc1Cl)N1CCC(CCc2ccccc2)C1. The van der Waals surface area contributed by atoms with Crippen molar-refractivity contribution in [2.24, 2.45) is 5.92 Å². The third kappa shape index (κ3) is 5.74. The van der Waals surface area contributed by atoms with Gasteiger partial charge in [0.05, 0.1) is 0 Å². The van der Waals surface area contributed by atoms with Crippen LogP contribution in [0.5, 0.6) is 0 Å². The fourth-order valence-electron chi connectivity index (χ4n) is 3.83. The largest absolute Gasteiger partial charge is 0.439 e. The lowest BCUT2D eigenvalue weighted by Crippen LogP contribution is -2.32. The van der Waals surface area contributed by atoms with Crippen LogP contribution in [0.1, 0.15) is 30.1 Å². The number of carbonyl (C=O) groups is 1. The number of aryl methyl sites for hydroxylation is 1. The molecule has 0 aliphatic carbocycles. The van der Waals surface area contributed by atoms with Gasteiger partial charge in [-0.1, -0.05) is 59.6 Å². The summed E-state index contributed by atoms with van der Waals surface area (Å²) in [6.45, 7) is 1.58. The first kappa shape index (κ1) is 21.6. The molecule has 2 unspecified atom stereocenters. The van der Waals surface area contributed by atoms with Crippen molar-refractivity contribution in [1.82, 2.24) is 25.1 Å². The van der Waals surface area contributed by atoms with Crippen LogP contribution < -0.4 is 0 Å². The summed E-state index contributed by atoms with van der Waals surface area (Å²) in [4.78, 5) is 16.1. The Morgan fingerprint density at radius 2 is 2.03 bits per heavy atom. The van der Waals surface area contributed by atoms with Gasteiger partial charge in [0, 0.05) is 28.7 Å². The highest BCUT2D eigenvalue weighted by atomic mass is 35.5. The number of hydrogen-bond acceptors (Lipinski definition) is 5. The Morgan fingerprint density at radius 1 is 1.19 bits per heavy atom. The molecule has 1 aliphatic rings. The van der Waals surface area contributed by atoms with Crippen LogP contribution in [-0.4, -0.2) is 44.3 Å². The van der Waals surface area contributed by atoms with Crippen LogP contribution in [0.25, 0.3) is 0 Å². The molecule has 2 heterocycles. The summed E-state index contributed by atoms with van der Waals surface area (Å²) >= 11 is 12.4. The predicted octanol–water partition coefficient (Wildman–Crippen LogP) is 4.81. The average Bonchev–Trinajstić information content (AvgIpc) is 3.45. The van der Waals surface area contributed by atoms with E-state index in [1.165, 1.54) is 16.7 Å². The Balaban J connectivity index is 1.39. The molecule has 0 bridgehead atoms. The molecule has 1 saturated heterocycles. The molecule has 1 aromatic heterocycles. The van der Waals surface area contributed by atoms with Gasteiger partial charge < -0.3 is 9.64 Å². The van der Waals surface area contributed by atoms with Gasteiger partial charge in [0.25, 0.3) is 0 Å². The van der Waals surface area contributed by atoms with Gasteiger partial charge in [-0.05, 0) is 48.1 Å². The molecule has 1 amide bonds. The van der Waals surface area contributed by atoms with Crippen LogP contribution >= 0.6 is 23.2 Å². The van der Waals surface area contributed by atoms with Gasteiger partial charge in [-0.2, -0.15) is 4.80 Å². The van der Waals surface area contributed by atoms with Gasteiger partial charge in [0.15, 0.2) is 12.4 Å². The third-order valence-electron chi connectivity index (χ3n) is 5.50. The second-order valence-electron chi connectivity index (χ2n) is 7.65. The molecule has 3 aromatic rings. The first-order chi connectivity index (χ1) is 15.1. The zero-order chi connectivity index (χ0) is 21.6. The zero-order valence-electron chi connectivity index (χ0n) is 16.9. The van der Waals surface area contributed by atoms with Gasteiger partial charge in [-0.25, -0.2) is 4.79 Å². The minimum absolute atomic E-state index is 0.207. The van der Waals surface area contributed by atoms with E-state index in [2.05, 4.69) is 39.7 Å². The number of halogens is 2. The summed E-state index contributed by atoms with van der Waals surface area (Å²) in [6.07, 6.45) is 3.34. The van der Waals surface area contributed by atoms with E-state index in [9.17, 15) is 4.79 Å². The quantitative estimate of drug-likeness (QED) is 0.506. The highest BCUT2D eigenvalue weighted by Crippen LogP contribution is 2.31. The molecule has 9 heteroatoms. The fraction of sp³-hybridized carbons (Fsp3) is 0.364. The van der Waals surface area contributed by atoms with Crippen molar-refractivity contribution in [3.8, 4) is 0 Å². The molecular formula is C22H23Cl2N5O2. The number of likely N-dealkylation sites (tertiary alicyclic amines) is 1. The van der Waals surface area contributed by atoms with E-state index in [4.69, 9.17) is 27.9 Å². The monoisotopic (exact) mass is 459 g/mol. The van der Waals surface area contributed by atoms with Crippen molar-refractivity contribution in [3.05, 3.63) is 76.0 Å². The summed E-state index contributed by atoms with van der Waals surface area (Å²) in [5, 5.41) is 12.5. The molecule has 0 spiro atoms. The normalized spacial score (nSPS) is 17.0. The molecule has 162 valence electrons. The predicted molar refractivity (Wildman–Crippen MR) is 118 cm³/mol. The number of hydrogen-bond donors (Lipinski definition) is 0. The van der Waals surface area contributed by atoms with E-state index in [0.29, 0.717) is 34.6 Å². The van der Waals surface area contributed by atoms with E-state index in [-0.39, 0.29) is 12.6 Å². The standard InChI is InChI=1S/C22H23Cl2N5O2/c23-18-8-9-19(20(24)12-18)21(14-29-26-15-25-27-29)31-22(30)28-11-10-17(13-28)7-6-16-4-2-1-3-5-16/h1-5,8-9,12,15,17,21H,6-7,10-11,13-14H2. The van der Waals surface area contributed by atoms with Gasteiger partial charge in [-0.3, -0.25) is 0 Å². The Kier molecular flexibility index (Phi) is 7.04. The number of amides is 1. The van der Waals surface area contributed by atoms with E-state index >= 15 is 0 Å². The van der Waals surface area contributed by atoms with E-state index in [1.54, 1.807) is 23.1 Å². The molecule has 0 radical (unpaired) electrons. The Labute approximate surface area is 190 Å². The molecule has 7 nitrogen and oxygen atoms in total. The number of tetrazole rings is 1. The Morgan fingerprint density at radius 3 is 2.77 bits per heavy atom. The van der Waals surface area contributed by atoms with Gasteiger partial charge >= 0.3 is 6.09 Å². The van der Waals surface area contributed by atoms with Crippen LogP contribution in [0, 0.1) is 5.92 Å². The number of aromatic nitrogens is 4. The van der Waals surface area contributed by atoms with E-state index < -0.39 is 6.10 Å². The van der Waals surface area contributed by atoms with E-state index in [0.717, 1.165) is 19.3 Å². The number of carbonyl (C=O) groups excluding carboxylic acids is 1. The first-order valence-corrected chi connectivity index (χ1v) is 11.0. The Bertz CT molecular complexity index is 1000. The maximum absolute atomic E-state index is 12.9. The molecule has 1 fully saturated rings. The second kappa shape index (κ2) is 10.1. The van der Waals surface area contributed by atoms with Crippen molar-refractivity contribution in [2.45, 2.75) is 31.9 Å². The minimum Gasteiger partial charge on any atom is -0.439 e. The summed E-state index contributed by atoms with van der Waals surface area (Å²) in [6, 6.07) is 15.5. The van der Waals surface area contributed by atoms with Gasteiger partial charge in [0.1, 0.15) is 6.54 Å². The highest BCUT2D eigenvalue weighted by Gasteiger charge is 2.30. The van der Waals surface area contributed by atoms with Crippen molar-refractivity contribution in [2.75, 3.05) is 13.1 Å². The molecular weight excluding hydrogens is 437 g/mol. The van der Waals surface area contributed by atoms with Crippen LogP contribution in [-0.2, 0) is 17.7 Å². The average molecular weight is 460 g/mol. The van der Waals surface area contributed by atoms with Crippen LogP contribution in [0.3, 0.4) is 0 Å². The molecule has 31 heavy (non-hydrogen) atoms. The maximum atomic E-state index is 12.9. The lowest BCUT2D eigenvalue weighted by molar-refractivity contribution is 0.0550. The van der Waals surface area contributed by atoms with Gasteiger partial charge in [-0.15, -0.1) is 10.2 Å². The van der Waals surface area contributed by atoms with Crippen LogP contribution in [0.15, 0.2) is 54.9 Å². The Hall–Kier alpha value is -2.64. The molecule has 2 atom stereocenters. The van der Waals surface area contributed by atoms with Gasteiger partial charge in [0.2, 0.25) is 0 Å². The van der Waals surface area contributed by atoms with Crippen molar-refractivity contribution >= 4 is 29.3 Å². The summed E-state index contributed by atoms with van der Waals surface area (Å²) in [7, 11) is 0. The van der Waals surface area contributed by atoms with Crippen molar-refractivity contribution in [1.29, 1.82) is 0 Å². The number of ether oxygens (including phenoxy) is 1. The maximum Gasteiger partial charge on any atom is 0.410 e. The smallest absolute Gasteiger partial charge is 0.410 e. The first-order valence-electron chi connectivity index (χ1n) is 10.2. The molecule has 1 aliphatic heterocycles. The van der Waals surface area contributed by atoms with Crippen molar-refractivity contribution in [3.63, 3.8) is 0 Å². The number of nitrogens with zero attached hydrogens (tertiary/aromatic N) is 5.